The number of hydrogen-bond donors (Lipinski definition) is 1. The molecule has 0 unspecified atom stereocenters. The first-order chi connectivity index (χ1) is 9.10. The normalized spacial score (nSPS) is 14.5. The zero-order valence-electron chi connectivity index (χ0n) is 11.2. The van der Waals surface area contributed by atoms with Crippen LogP contribution in [0.1, 0.15) is 37.6 Å². The van der Waals surface area contributed by atoms with Gasteiger partial charge in [-0.05, 0) is 26.2 Å². The summed E-state index contributed by atoms with van der Waals surface area (Å²) >= 11 is 7.53. The summed E-state index contributed by atoms with van der Waals surface area (Å²) in [4.78, 5) is 20.4. The SMILES string of the molecule is CCCc1nc(Cl)c(C)c(SCC(=O)NC2CC2)n1. The number of aromatic nitrogens is 2. The van der Waals surface area contributed by atoms with Gasteiger partial charge in [0.2, 0.25) is 5.91 Å². The molecule has 1 aromatic rings. The van der Waals surface area contributed by atoms with Gasteiger partial charge in [0, 0.05) is 18.0 Å². The molecule has 0 bridgehead atoms. The van der Waals surface area contributed by atoms with Crippen LogP contribution in [-0.4, -0.2) is 27.7 Å². The van der Waals surface area contributed by atoms with E-state index in [4.69, 9.17) is 11.6 Å². The topological polar surface area (TPSA) is 54.9 Å². The molecule has 1 N–H and O–H groups in total. The number of nitrogens with one attached hydrogen (secondary N) is 1. The summed E-state index contributed by atoms with van der Waals surface area (Å²) in [6.45, 7) is 3.96. The highest BCUT2D eigenvalue weighted by Crippen LogP contribution is 2.25. The minimum Gasteiger partial charge on any atom is -0.353 e. The third kappa shape index (κ3) is 4.35. The Balaban J connectivity index is 1.99. The van der Waals surface area contributed by atoms with E-state index in [0.717, 1.165) is 42.1 Å². The summed E-state index contributed by atoms with van der Waals surface area (Å²) in [6.07, 6.45) is 4.00. The van der Waals surface area contributed by atoms with Crippen molar-refractivity contribution in [1.29, 1.82) is 0 Å². The quantitative estimate of drug-likeness (QED) is 0.648. The van der Waals surface area contributed by atoms with Crippen LogP contribution in [-0.2, 0) is 11.2 Å². The molecule has 1 aliphatic rings. The smallest absolute Gasteiger partial charge is 0.230 e. The van der Waals surface area contributed by atoms with E-state index in [1.165, 1.54) is 11.8 Å². The van der Waals surface area contributed by atoms with E-state index in [0.29, 0.717) is 16.9 Å². The highest BCUT2D eigenvalue weighted by molar-refractivity contribution is 7.99. The van der Waals surface area contributed by atoms with Crippen LogP contribution in [0.5, 0.6) is 0 Å². The van der Waals surface area contributed by atoms with Crippen molar-refractivity contribution in [3.8, 4) is 0 Å². The zero-order valence-corrected chi connectivity index (χ0v) is 12.8. The largest absolute Gasteiger partial charge is 0.353 e. The molecule has 1 aromatic heterocycles. The molecular formula is C13H18ClN3OS. The average Bonchev–Trinajstić information content (AvgIpc) is 3.16. The zero-order chi connectivity index (χ0) is 13.8. The predicted octanol–water partition coefficient (Wildman–Crippen LogP) is 2.76. The van der Waals surface area contributed by atoms with Gasteiger partial charge in [-0.25, -0.2) is 9.97 Å². The van der Waals surface area contributed by atoms with E-state index in [1.54, 1.807) is 0 Å². The first-order valence-electron chi connectivity index (χ1n) is 6.55. The molecule has 0 aromatic carbocycles. The molecule has 0 saturated heterocycles. The molecular weight excluding hydrogens is 282 g/mol. The first kappa shape index (κ1) is 14.6. The van der Waals surface area contributed by atoms with Crippen LogP contribution in [0, 0.1) is 6.92 Å². The Kier molecular flexibility index (Phi) is 5.05. The van der Waals surface area contributed by atoms with Crippen LogP contribution in [0.2, 0.25) is 5.15 Å². The van der Waals surface area contributed by atoms with Crippen molar-refractivity contribution in [2.24, 2.45) is 0 Å². The van der Waals surface area contributed by atoms with Crippen LogP contribution >= 0.6 is 23.4 Å². The molecule has 1 aliphatic carbocycles. The van der Waals surface area contributed by atoms with E-state index >= 15 is 0 Å². The Morgan fingerprint density at radius 3 is 2.84 bits per heavy atom. The molecule has 19 heavy (non-hydrogen) atoms. The van der Waals surface area contributed by atoms with Gasteiger partial charge in [-0.2, -0.15) is 0 Å². The van der Waals surface area contributed by atoms with E-state index in [2.05, 4.69) is 22.2 Å². The van der Waals surface area contributed by atoms with Crippen molar-refractivity contribution in [2.75, 3.05) is 5.75 Å². The molecule has 0 atom stereocenters. The standard InChI is InChI=1S/C13H18ClN3OS/c1-3-4-10-16-12(14)8(2)13(17-10)19-7-11(18)15-9-5-6-9/h9H,3-7H2,1-2H3,(H,15,18). The highest BCUT2D eigenvalue weighted by Gasteiger charge is 2.23. The van der Waals surface area contributed by atoms with Gasteiger partial charge >= 0.3 is 0 Å². The predicted molar refractivity (Wildman–Crippen MR) is 77.7 cm³/mol. The fourth-order valence-corrected chi connectivity index (χ4v) is 2.70. The van der Waals surface area contributed by atoms with Gasteiger partial charge in [0.1, 0.15) is 16.0 Å². The van der Waals surface area contributed by atoms with Gasteiger partial charge in [0.15, 0.2) is 0 Å². The van der Waals surface area contributed by atoms with Crippen molar-refractivity contribution in [2.45, 2.75) is 50.6 Å². The first-order valence-corrected chi connectivity index (χ1v) is 7.91. The molecule has 1 amide bonds. The van der Waals surface area contributed by atoms with Crippen molar-refractivity contribution < 1.29 is 4.79 Å². The number of thioether (sulfide) groups is 1. The number of rotatable bonds is 6. The van der Waals surface area contributed by atoms with Gasteiger partial charge in [-0.15, -0.1) is 0 Å². The molecule has 0 radical (unpaired) electrons. The van der Waals surface area contributed by atoms with Crippen LogP contribution < -0.4 is 5.32 Å². The maximum absolute atomic E-state index is 11.7. The van der Waals surface area contributed by atoms with Gasteiger partial charge in [-0.3, -0.25) is 4.79 Å². The summed E-state index contributed by atoms with van der Waals surface area (Å²) in [5.41, 5.74) is 0.853. The fourth-order valence-electron chi connectivity index (χ4n) is 1.62. The second kappa shape index (κ2) is 6.57. The Bertz CT molecular complexity index is 477. The minimum atomic E-state index is 0.0682. The number of carbonyl (C=O) groups excluding carboxylic acids is 1. The van der Waals surface area contributed by atoms with E-state index in [1.807, 2.05) is 6.92 Å². The molecule has 104 valence electrons. The van der Waals surface area contributed by atoms with Crippen molar-refractivity contribution >= 4 is 29.3 Å². The number of hydrogen-bond acceptors (Lipinski definition) is 4. The third-order valence-corrected chi connectivity index (χ3v) is 4.29. The second-order valence-electron chi connectivity index (χ2n) is 4.74. The number of nitrogens with zero attached hydrogens (tertiary/aromatic N) is 2. The van der Waals surface area contributed by atoms with E-state index in [9.17, 15) is 4.79 Å². The van der Waals surface area contributed by atoms with Crippen molar-refractivity contribution in [3.05, 3.63) is 16.5 Å². The molecule has 4 nitrogen and oxygen atoms in total. The summed E-state index contributed by atoms with van der Waals surface area (Å²) < 4.78 is 0. The Hall–Kier alpha value is -0.810. The van der Waals surface area contributed by atoms with Crippen molar-refractivity contribution in [1.82, 2.24) is 15.3 Å². The van der Waals surface area contributed by atoms with Gasteiger partial charge < -0.3 is 5.32 Å². The van der Waals surface area contributed by atoms with E-state index in [-0.39, 0.29) is 5.91 Å². The lowest BCUT2D eigenvalue weighted by Gasteiger charge is -2.08. The number of aryl methyl sites for hydroxylation is 1. The van der Waals surface area contributed by atoms with Crippen LogP contribution in [0.25, 0.3) is 0 Å². The number of amides is 1. The van der Waals surface area contributed by atoms with Gasteiger partial charge in [-0.1, -0.05) is 30.3 Å². The Morgan fingerprint density at radius 2 is 2.21 bits per heavy atom. The monoisotopic (exact) mass is 299 g/mol. The fraction of sp³-hybridized carbons (Fsp3) is 0.615. The van der Waals surface area contributed by atoms with Crippen LogP contribution in [0.3, 0.4) is 0 Å². The summed E-state index contributed by atoms with van der Waals surface area (Å²) in [5, 5.41) is 4.27. The molecule has 0 spiro atoms. The summed E-state index contributed by atoms with van der Waals surface area (Å²) in [6, 6.07) is 0.402. The second-order valence-corrected chi connectivity index (χ2v) is 6.06. The molecule has 1 heterocycles. The lowest BCUT2D eigenvalue weighted by atomic mass is 10.3. The van der Waals surface area contributed by atoms with Crippen LogP contribution in [0.15, 0.2) is 5.03 Å². The average molecular weight is 300 g/mol. The third-order valence-electron chi connectivity index (χ3n) is 2.84. The van der Waals surface area contributed by atoms with Gasteiger partial charge in [0.05, 0.1) is 5.75 Å². The van der Waals surface area contributed by atoms with E-state index < -0.39 is 0 Å². The molecule has 1 saturated carbocycles. The van der Waals surface area contributed by atoms with Crippen molar-refractivity contribution in [3.63, 3.8) is 0 Å². The Labute approximate surface area is 122 Å². The number of halogens is 1. The lowest BCUT2D eigenvalue weighted by Crippen LogP contribution is -2.27. The Morgan fingerprint density at radius 1 is 1.47 bits per heavy atom. The maximum atomic E-state index is 11.7. The molecule has 0 aliphatic heterocycles. The maximum Gasteiger partial charge on any atom is 0.230 e. The van der Waals surface area contributed by atoms with Gasteiger partial charge in [0.25, 0.3) is 0 Å². The number of carbonyl (C=O) groups is 1. The summed E-state index contributed by atoms with van der Waals surface area (Å²) in [7, 11) is 0. The highest BCUT2D eigenvalue weighted by atomic mass is 35.5. The summed E-state index contributed by atoms with van der Waals surface area (Å²) in [5.74, 6) is 1.21. The molecule has 2 rings (SSSR count). The lowest BCUT2D eigenvalue weighted by molar-refractivity contribution is -0.118. The minimum absolute atomic E-state index is 0.0682. The van der Waals surface area contributed by atoms with Crippen LogP contribution in [0.4, 0.5) is 0 Å². The molecule has 6 heteroatoms. The molecule has 1 fully saturated rings.